The Labute approximate surface area is 130 Å². The number of aromatic nitrogens is 1. The van der Waals surface area contributed by atoms with Crippen molar-refractivity contribution in [3.05, 3.63) is 53.9 Å². The van der Waals surface area contributed by atoms with E-state index in [1.165, 1.54) is 5.69 Å². The van der Waals surface area contributed by atoms with Crippen molar-refractivity contribution in [3.63, 3.8) is 0 Å². The molecule has 0 N–H and O–H groups in total. The van der Waals surface area contributed by atoms with E-state index >= 15 is 0 Å². The Hall–Kier alpha value is -2.36. The molecule has 0 saturated heterocycles. The highest BCUT2D eigenvalue weighted by atomic mass is 16.5. The van der Waals surface area contributed by atoms with Gasteiger partial charge in [0.05, 0.1) is 13.2 Å². The Kier molecular flexibility index (Phi) is 4.09. The Balaban J connectivity index is 1.76. The molecule has 0 spiro atoms. The molecule has 0 saturated carbocycles. The summed E-state index contributed by atoms with van der Waals surface area (Å²) >= 11 is 0. The van der Waals surface area contributed by atoms with Gasteiger partial charge in [-0.15, -0.1) is 0 Å². The van der Waals surface area contributed by atoms with Crippen LogP contribution in [0.3, 0.4) is 0 Å². The van der Waals surface area contributed by atoms with Crippen molar-refractivity contribution in [2.45, 2.75) is 20.4 Å². The van der Waals surface area contributed by atoms with Gasteiger partial charge in [0.25, 0.3) is 0 Å². The molecule has 2 aromatic rings. The number of benzene rings is 1. The Morgan fingerprint density at radius 2 is 2.05 bits per heavy atom. The number of hydrogen-bond donors (Lipinski definition) is 0. The molecule has 22 heavy (non-hydrogen) atoms. The number of rotatable bonds is 5. The van der Waals surface area contributed by atoms with Gasteiger partial charge >= 0.3 is 0 Å². The number of ether oxygens (including phenoxy) is 1. The molecular formula is C18H21N2O2+. The van der Waals surface area contributed by atoms with E-state index in [1.54, 1.807) is 0 Å². The molecule has 0 unspecified atom stereocenters. The van der Waals surface area contributed by atoms with Crippen LogP contribution >= 0.6 is 0 Å². The largest absolute Gasteiger partial charge is 0.494 e. The Morgan fingerprint density at radius 1 is 1.27 bits per heavy atom. The summed E-state index contributed by atoms with van der Waals surface area (Å²) in [6, 6.07) is 11.5. The maximum atomic E-state index is 12.5. The van der Waals surface area contributed by atoms with Crippen LogP contribution in [0, 0.1) is 0 Å². The fraction of sp³-hybridized carbons (Fsp3) is 0.333. The summed E-state index contributed by atoms with van der Waals surface area (Å²) in [6.45, 7) is 6.88. The minimum Gasteiger partial charge on any atom is -0.494 e. The number of hydrogen-bond acceptors (Lipinski definition) is 2. The molecule has 0 aliphatic carbocycles. The molecule has 1 aliphatic rings. The summed E-state index contributed by atoms with van der Waals surface area (Å²) in [7, 11) is 0. The molecule has 1 aromatic carbocycles. The fourth-order valence-electron chi connectivity index (χ4n) is 2.86. The van der Waals surface area contributed by atoms with Crippen LogP contribution in [0.5, 0.6) is 5.75 Å². The van der Waals surface area contributed by atoms with Crippen LogP contribution in [0.2, 0.25) is 0 Å². The summed E-state index contributed by atoms with van der Waals surface area (Å²) in [6.07, 6.45) is 2.09. The fourth-order valence-corrected chi connectivity index (χ4v) is 2.86. The second-order valence-electron chi connectivity index (χ2n) is 5.47. The first kappa shape index (κ1) is 14.6. The number of fused-ring (bicyclic) bond motifs is 1. The lowest BCUT2D eigenvalue weighted by Gasteiger charge is -2.15. The minimum absolute atomic E-state index is 0.141. The molecule has 0 radical (unpaired) electrons. The highest BCUT2D eigenvalue weighted by Crippen LogP contribution is 2.14. The van der Waals surface area contributed by atoms with E-state index in [-0.39, 0.29) is 5.78 Å². The Bertz CT molecular complexity index is 711. The summed E-state index contributed by atoms with van der Waals surface area (Å²) in [5, 5.41) is 0. The highest BCUT2D eigenvalue weighted by Gasteiger charge is 2.24. The van der Waals surface area contributed by atoms with Crippen LogP contribution in [-0.4, -0.2) is 40.3 Å². The van der Waals surface area contributed by atoms with E-state index in [9.17, 15) is 4.79 Å². The highest BCUT2D eigenvalue weighted by molar-refractivity contribution is 5.99. The Morgan fingerprint density at radius 3 is 2.77 bits per heavy atom. The normalized spacial score (nSPS) is 13.9. The third-order valence-electron chi connectivity index (χ3n) is 4.11. The van der Waals surface area contributed by atoms with Crippen molar-refractivity contribution in [1.82, 2.24) is 4.57 Å². The van der Waals surface area contributed by atoms with E-state index in [2.05, 4.69) is 34.4 Å². The molecular weight excluding hydrogens is 276 g/mol. The molecule has 2 heterocycles. The lowest BCUT2D eigenvalue weighted by molar-refractivity contribution is -0.518. The predicted octanol–water partition coefficient (Wildman–Crippen LogP) is 2.60. The monoisotopic (exact) mass is 297 g/mol. The second kappa shape index (κ2) is 6.18. The summed E-state index contributed by atoms with van der Waals surface area (Å²) in [4.78, 5) is 12.5. The van der Waals surface area contributed by atoms with Gasteiger partial charge in [0.2, 0.25) is 12.3 Å². The van der Waals surface area contributed by atoms with Gasteiger partial charge in [-0.1, -0.05) is 0 Å². The van der Waals surface area contributed by atoms with Crippen LogP contribution < -0.4 is 4.74 Å². The number of carbonyl (C=O) groups excluding carboxylic acids is 1. The average molecular weight is 297 g/mol. The smallest absolute Gasteiger partial charge is 0.227 e. The topological polar surface area (TPSA) is 34.2 Å². The number of nitrogens with zero attached hydrogens (tertiary/aromatic N) is 2. The number of carbonyl (C=O) groups is 1. The summed E-state index contributed by atoms with van der Waals surface area (Å²) in [5.74, 6) is 0.944. The lowest BCUT2D eigenvalue weighted by atomic mass is 10.1. The minimum atomic E-state index is 0.141. The maximum absolute atomic E-state index is 12.5. The second-order valence-corrected chi connectivity index (χ2v) is 5.47. The molecule has 0 bridgehead atoms. The predicted molar refractivity (Wildman–Crippen MR) is 86.2 cm³/mol. The molecule has 0 atom stereocenters. The summed E-state index contributed by atoms with van der Waals surface area (Å²) in [5.41, 5.74) is 3.10. The molecule has 4 heteroatoms. The molecule has 114 valence electrons. The number of ketones is 1. The van der Waals surface area contributed by atoms with Gasteiger partial charge in [0.1, 0.15) is 11.4 Å². The van der Waals surface area contributed by atoms with Crippen molar-refractivity contribution in [2.75, 3.05) is 19.7 Å². The van der Waals surface area contributed by atoms with Crippen LogP contribution in [0.15, 0.2) is 42.6 Å². The van der Waals surface area contributed by atoms with Gasteiger partial charge < -0.3 is 9.30 Å². The van der Waals surface area contributed by atoms with E-state index in [1.807, 2.05) is 31.2 Å². The average Bonchev–Trinajstić information content (AvgIpc) is 3.00. The zero-order chi connectivity index (χ0) is 15.5. The van der Waals surface area contributed by atoms with Gasteiger partial charge in [-0.3, -0.25) is 4.79 Å². The van der Waals surface area contributed by atoms with E-state index in [4.69, 9.17) is 4.74 Å². The van der Waals surface area contributed by atoms with Gasteiger partial charge in [0.15, 0.2) is 12.3 Å². The van der Waals surface area contributed by atoms with Crippen molar-refractivity contribution in [2.24, 2.45) is 0 Å². The quantitative estimate of drug-likeness (QED) is 0.628. The number of Topliss-reactive ketones (excluding diaryl/α,β-unsaturated/α-hetero) is 1. The zero-order valence-electron chi connectivity index (χ0n) is 13.1. The van der Waals surface area contributed by atoms with E-state index in [0.29, 0.717) is 13.2 Å². The zero-order valence-corrected chi connectivity index (χ0v) is 13.1. The first-order valence-electron chi connectivity index (χ1n) is 7.69. The molecule has 4 nitrogen and oxygen atoms in total. The van der Waals surface area contributed by atoms with Crippen molar-refractivity contribution in [1.29, 1.82) is 0 Å². The molecule has 0 amide bonds. The maximum Gasteiger partial charge on any atom is 0.227 e. The SMILES string of the molecule is CCOc1ccc(C(=O)C[N+]2=C(C)c3cccn3CC2)cc1. The first-order valence-corrected chi connectivity index (χ1v) is 7.69. The van der Waals surface area contributed by atoms with Crippen LogP contribution in [0.4, 0.5) is 0 Å². The van der Waals surface area contributed by atoms with Crippen molar-refractivity contribution < 1.29 is 14.1 Å². The van der Waals surface area contributed by atoms with Gasteiger partial charge in [-0.05, 0) is 43.3 Å². The van der Waals surface area contributed by atoms with Crippen molar-refractivity contribution in [3.8, 4) is 5.75 Å². The molecule has 1 aromatic heterocycles. The molecule has 3 rings (SSSR count). The third kappa shape index (κ3) is 2.82. The standard InChI is InChI=1S/C18H21N2O2/c1-3-22-16-8-6-15(7-9-16)18(21)13-20-12-11-19-10-4-5-17(19)14(20)2/h4-10H,3,11-13H2,1-2H3/q+1. The molecule has 1 aliphatic heterocycles. The molecule has 0 fully saturated rings. The summed E-state index contributed by atoms with van der Waals surface area (Å²) < 4.78 is 9.80. The van der Waals surface area contributed by atoms with Crippen LogP contribution in [0.25, 0.3) is 0 Å². The van der Waals surface area contributed by atoms with Gasteiger partial charge in [-0.25, -0.2) is 4.58 Å². The lowest BCUT2D eigenvalue weighted by Crippen LogP contribution is -2.34. The van der Waals surface area contributed by atoms with Gasteiger partial charge in [0, 0.05) is 18.7 Å². The van der Waals surface area contributed by atoms with Gasteiger partial charge in [-0.2, -0.15) is 0 Å². The van der Waals surface area contributed by atoms with Crippen LogP contribution in [0.1, 0.15) is 29.9 Å². The van der Waals surface area contributed by atoms with E-state index in [0.717, 1.165) is 30.1 Å². The first-order chi connectivity index (χ1) is 10.7. The third-order valence-corrected chi connectivity index (χ3v) is 4.11. The van der Waals surface area contributed by atoms with Crippen LogP contribution in [-0.2, 0) is 6.54 Å². The van der Waals surface area contributed by atoms with E-state index < -0.39 is 0 Å². The van der Waals surface area contributed by atoms with Crippen molar-refractivity contribution >= 4 is 11.5 Å².